The molecule has 0 aliphatic carbocycles. The van der Waals surface area contributed by atoms with Crippen molar-refractivity contribution in [2.24, 2.45) is 5.92 Å². The molecule has 212 valence electrons. The number of hydrogen-bond donors (Lipinski definition) is 3. The molecule has 10 heteroatoms. The second kappa shape index (κ2) is 13.5. The number of esters is 1. The summed E-state index contributed by atoms with van der Waals surface area (Å²) in [4.78, 5) is 12.5. The third-order valence-electron chi connectivity index (χ3n) is 6.35. The minimum Gasteiger partial charge on any atom is -0.493 e. The Labute approximate surface area is 232 Å². The van der Waals surface area contributed by atoms with Crippen LogP contribution < -0.4 is 23.7 Å². The molecule has 0 heterocycles. The Kier molecular flexibility index (Phi) is 11.3. The number of aliphatic hydroxyl groups is 3. The van der Waals surface area contributed by atoms with Gasteiger partial charge < -0.3 is 39.0 Å². The molecular formula is C28H39BrO9. The molecule has 2 rings (SSSR count). The predicted molar refractivity (Wildman–Crippen MR) is 147 cm³/mol. The van der Waals surface area contributed by atoms with Crippen molar-refractivity contribution in [3.05, 3.63) is 41.0 Å². The summed E-state index contributed by atoms with van der Waals surface area (Å²) in [7, 11) is 4.41. The van der Waals surface area contributed by atoms with E-state index < -0.39 is 22.5 Å². The molecule has 4 atom stereocenters. The second-order valence-electron chi connectivity index (χ2n) is 9.72. The SMILES string of the molecule is COc1cc(C(O)C(C)CO)cc(C)c1OC(CO)C(C)c1cc(OC)c(OC(=O)C(C)(C)Br)c(OC)c1. The van der Waals surface area contributed by atoms with E-state index in [1.165, 1.54) is 21.3 Å². The van der Waals surface area contributed by atoms with Gasteiger partial charge in [0.2, 0.25) is 5.75 Å². The molecule has 4 unspecified atom stereocenters. The molecule has 0 aliphatic heterocycles. The minimum atomic E-state index is -0.913. The Morgan fingerprint density at radius 1 is 0.895 bits per heavy atom. The van der Waals surface area contributed by atoms with Gasteiger partial charge >= 0.3 is 5.97 Å². The number of carbonyl (C=O) groups is 1. The Morgan fingerprint density at radius 2 is 1.39 bits per heavy atom. The number of aliphatic hydroxyl groups excluding tert-OH is 3. The molecule has 9 nitrogen and oxygen atoms in total. The minimum absolute atomic E-state index is 0.147. The monoisotopic (exact) mass is 598 g/mol. The zero-order valence-electron chi connectivity index (χ0n) is 23.2. The van der Waals surface area contributed by atoms with Crippen LogP contribution in [0.25, 0.3) is 0 Å². The van der Waals surface area contributed by atoms with Crippen molar-refractivity contribution in [3.8, 4) is 28.7 Å². The summed E-state index contributed by atoms with van der Waals surface area (Å²) < 4.78 is 27.5. The molecule has 2 aromatic rings. The van der Waals surface area contributed by atoms with Crippen molar-refractivity contribution in [1.82, 2.24) is 0 Å². The first-order valence-corrected chi connectivity index (χ1v) is 13.0. The molecule has 0 aromatic heterocycles. The van der Waals surface area contributed by atoms with Gasteiger partial charge in [0.15, 0.2) is 23.0 Å². The smallest absolute Gasteiger partial charge is 0.327 e. The Bertz CT molecular complexity index is 1070. The van der Waals surface area contributed by atoms with E-state index >= 15 is 0 Å². The van der Waals surface area contributed by atoms with Gasteiger partial charge in [0.1, 0.15) is 10.4 Å². The van der Waals surface area contributed by atoms with E-state index in [1.807, 2.05) is 13.8 Å². The van der Waals surface area contributed by atoms with Gasteiger partial charge in [-0.1, -0.05) is 29.8 Å². The molecule has 0 spiro atoms. The summed E-state index contributed by atoms with van der Waals surface area (Å²) in [5.74, 6) is 0.313. The molecule has 0 amide bonds. The highest BCUT2D eigenvalue weighted by molar-refractivity contribution is 9.10. The van der Waals surface area contributed by atoms with Crippen LogP contribution in [-0.4, -0.2) is 66.3 Å². The van der Waals surface area contributed by atoms with Crippen LogP contribution in [0.5, 0.6) is 28.7 Å². The highest BCUT2D eigenvalue weighted by Gasteiger charge is 2.31. The summed E-state index contributed by atoms with van der Waals surface area (Å²) in [6.07, 6.45) is -1.57. The lowest BCUT2D eigenvalue weighted by Gasteiger charge is -2.27. The van der Waals surface area contributed by atoms with E-state index in [-0.39, 0.29) is 42.3 Å². The third-order valence-corrected chi connectivity index (χ3v) is 6.67. The van der Waals surface area contributed by atoms with Gasteiger partial charge in [-0.3, -0.25) is 4.79 Å². The van der Waals surface area contributed by atoms with Crippen molar-refractivity contribution in [3.63, 3.8) is 0 Å². The molecule has 0 saturated heterocycles. The number of aryl methyl sites for hydroxylation is 1. The van der Waals surface area contributed by atoms with Crippen molar-refractivity contribution in [2.45, 2.75) is 57.1 Å². The summed E-state index contributed by atoms with van der Waals surface area (Å²) in [6, 6.07) is 6.86. The van der Waals surface area contributed by atoms with Gasteiger partial charge in [0.25, 0.3) is 0 Å². The van der Waals surface area contributed by atoms with Crippen LogP contribution in [0.3, 0.4) is 0 Å². The summed E-state index contributed by atoms with van der Waals surface area (Å²) in [5.41, 5.74) is 2.01. The van der Waals surface area contributed by atoms with Crippen molar-refractivity contribution in [1.29, 1.82) is 0 Å². The van der Waals surface area contributed by atoms with Gasteiger partial charge in [0, 0.05) is 18.4 Å². The molecule has 0 fully saturated rings. The van der Waals surface area contributed by atoms with E-state index in [1.54, 1.807) is 45.0 Å². The number of hydrogen-bond acceptors (Lipinski definition) is 9. The first-order valence-electron chi connectivity index (χ1n) is 12.2. The Hall–Kier alpha value is -2.53. The number of methoxy groups -OCH3 is 3. The second-order valence-corrected chi connectivity index (χ2v) is 11.7. The molecule has 2 aromatic carbocycles. The maximum absolute atomic E-state index is 12.5. The normalized spacial score (nSPS) is 14.7. The number of ether oxygens (including phenoxy) is 5. The Morgan fingerprint density at radius 3 is 1.84 bits per heavy atom. The van der Waals surface area contributed by atoms with Gasteiger partial charge in [-0.05, 0) is 61.7 Å². The van der Waals surface area contributed by atoms with E-state index in [4.69, 9.17) is 23.7 Å². The highest BCUT2D eigenvalue weighted by atomic mass is 79.9. The van der Waals surface area contributed by atoms with Crippen LogP contribution in [0.4, 0.5) is 0 Å². The van der Waals surface area contributed by atoms with Crippen LogP contribution in [0.15, 0.2) is 24.3 Å². The molecule has 0 bridgehead atoms. The van der Waals surface area contributed by atoms with Gasteiger partial charge in [-0.15, -0.1) is 0 Å². The largest absolute Gasteiger partial charge is 0.493 e. The van der Waals surface area contributed by atoms with Crippen molar-refractivity contribution < 1.29 is 43.8 Å². The first kappa shape index (κ1) is 31.7. The standard InChI is InChI=1S/C28H39BrO9/c1-15-9-19(24(32)16(2)13-30)12-20(34-6)25(15)37-23(14-31)17(3)18-10-21(35-7)26(22(11-18)36-8)38-27(33)28(4,5)29/h9-12,16-17,23-24,30-32H,13-14H2,1-8H3. The summed E-state index contributed by atoms with van der Waals surface area (Å²) in [6.45, 7) is 8.31. The van der Waals surface area contributed by atoms with Crippen molar-refractivity contribution >= 4 is 21.9 Å². The molecule has 38 heavy (non-hydrogen) atoms. The maximum Gasteiger partial charge on any atom is 0.327 e. The zero-order valence-corrected chi connectivity index (χ0v) is 24.8. The van der Waals surface area contributed by atoms with Crippen LogP contribution in [0.1, 0.15) is 56.4 Å². The van der Waals surface area contributed by atoms with E-state index in [9.17, 15) is 20.1 Å². The van der Waals surface area contributed by atoms with Crippen LogP contribution in [0, 0.1) is 12.8 Å². The summed E-state index contributed by atoms with van der Waals surface area (Å²) in [5, 5.41) is 30.2. The zero-order chi connectivity index (χ0) is 28.8. The summed E-state index contributed by atoms with van der Waals surface area (Å²) >= 11 is 3.30. The average molecular weight is 600 g/mol. The molecule has 3 N–H and O–H groups in total. The average Bonchev–Trinajstić information content (AvgIpc) is 2.89. The quantitative estimate of drug-likeness (QED) is 0.176. The van der Waals surface area contributed by atoms with Gasteiger partial charge in [0.05, 0.1) is 34.0 Å². The first-order chi connectivity index (χ1) is 17.8. The van der Waals surface area contributed by atoms with Crippen molar-refractivity contribution in [2.75, 3.05) is 34.5 Å². The fourth-order valence-electron chi connectivity index (χ4n) is 3.81. The molecule has 0 aliphatic rings. The molecule has 0 saturated carbocycles. The molecular weight excluding hydrogens is 560 g/mol. The van der Waals surface area contributed by atoms with Crippen LogP contribution >= 0.6 is 15.9 Å². The molecule has 0 radical (unpaired) electrons. The van der Waals surface area contributed by atoms with E-state index in [0.29, 0.717) is 22.6 Å². The number of benzene rings is 2. The fourth-order valence-corrected chi connectivity index (χ4v) is 3.89. The van der Waals surface area contributed by atoms with Crippen LogP contribution in [-0.2, 0) is 4.79 Å². The number of rotatable bonds is 13. The lowest BCUT2D eigenvalue weighted by Crippen LogP contribution is -2.30. The topological polar surface area (TPSA) is 124 Å². The van der Waals surface area contributed by atoms with E-state index in [2.05, 4.69) is 15.9 Å². The lowest BCUT2D eigenvalue weighted by molar-refractivity contribution is -0.136. The lowest BCUT2D eigenvalue weighted by atomic mass is 9.94. The van der Waals surface area contributed by atoms with Crippen LogP contribution in [0.2, 0.25) is 0 Å². The number of alkyl halides is 1. The maximum atomic E-state index is 12.5. The van der Waals surface area contributed by atoms with Gasteiger partial charge in [-0.2, -0.15) is 0 Å². The predicted octanol–water partition coefficient (Wildman–Crippen LogP) is 4.30. The number of carbonyl (C=O) groups excluding carboxylic acids is 1. The Balaban J connectivity index is 2.44. The fraction of sp³-hybridized carbons (Fsp3) is 0.536. The highest BCUT2D eigenvalue weighted by Crippen LogP contribution is 2.43. The van der Waals surface area contributed by atoms with E-state index in [0.717, 1.165) is 5.56 Å². The number of halogens is 1. The third kappa shape index (κ3) is 7.31. The van der Waals surface area contributed by atoms with Gasteiger partial charge in [-0.25, -0.2) is 0 Å².